The lowest BCUT2D eigenvalue weighted by molar-refractivity contribution is -0.577. The fraction of sp³-hybridized carbons (Fsp3) is 0.265. The second-order valence-corrected chi connectivity index (χ2v) is 10.2. The first-order chi connectivity index (χ1) is 17.6. The van der Waals surface area contributed by atoms with Gasteiger partial charge in [-0.3, -0.25) is 0 Å². The van der Waals surface area contributed by atoms with Gasteiger partial charge in [-0.15, -0.1) is 0 Å². The molecule has 2 nitrogen and oxygen atoms in total. The van der Waals surface area contributed by atoms with E-state index >= 15 is 0 Å². The van der Waals surface area contributed by atoms with Crippen molar-refractivity contribution in [1.82, 2.24) is 4.57 Å². The van der Waals surface area contributed by atoms with E-state index < -0.39 is 0 Å². The number of aromatic nitrogens is 2. The van der Waals surface area contributed by atoms with Crippen LogP contribution in [0.2, 0.25) is 0 Å². The molecule has 0 atom stereocenters. The highest BCUT2D eigenvalue weighted by Crippen LogP contribution is 2.47. The second-order valence-electron chi connectivity index (χ2n) is 10.2. The molecule has 2 aromatic heterocycles. The Kier molecular flexibility index (Phi) is 5.56. The lowest BCUT2D eigenvalue weighted by atomic mass is 9.69. The summed E-state index contributed by atoms with van der Waals surface area (Å²) >= 11 is 0. The van der Waals surface area contributed by atoms with Gasteiger partial charge in [0.15, 0.2) is 11.9 Å². The summed E-state index contributed by atoms with van der Waals surface area (Å²) in [5, 5.41) is 2.67. The first kappa shape index (κ1) is 22.8. The van der Waals surface area contributed by atoms with Crippen molar-refractivity contribution in [2.24, 2.45) is 0 Å². The van der Waals surface area contributed by atoms with E-state index in [0.29, 0.717) is 0 Å². The molecule has 0 saturated carbocycles. The van der Waals surface area contributed by atoms with Crippen LogP contribution < -0.4 is 4.57 Å². The molecule has 0 spiro atoms. The topological polar surface area (TPSA) is 8.81 Å². The Morgan fingerprint density at radius 2 is 1.58 bits per heavy atom. The normalized spacial score (nSPS) is 14.2. The third kappa shape index (κ3) is 3.20. The van der Waals surface area contributed by atoms with Crippen molar-refractivity contribution in [3.63, 3.8) is 0 Å². The van der Waals surface area contributed by atoms with Crippen molar-refractivity contribution in [3.05, 3.63) is 103 Å². The molecule has 5 aromatic rings. The van der Waals surface area contributed by atoms with Crippen LogP contribution in [0.15, 0.2) is 91.6 Å². The fourth-order valence-corrected chi connectivity index (χ4v) is 6.46. The lowest BCUT2D eigenvalue weighted by Crippen LogP contribution is -2.48. The van der Waals surface area contributed by atoms with Crippen molar-refractivity contribution in [1.29, 1.82) is 0 Å². The van der Waals surface area contributed by atoms with Crippen LogP contribution in [-0.2, 0) is 11.8 Å². The Balaban J connectivity index is 1.62. The summed E-state index contributed by atoms with van der Waals surface area (Å²) < 4.78 is 4.76. The zero-order chi connectivity index (χ0) is 24.9. The summed E-state index contributed by atoms with van der Waals surface area (Å²) in [6, 6.07) is 29.5. The summed E-state index contributed by atoms with van der Waals surface area (Å²) in [5.74, 6) is 0. The maximum absolute atomic E-state index is 4.59. The van der Waals surface area contributed by atoms with Gasteiger partial charge in [0.25, 0.3) is 0 Å². The highest BCUT2D eigenvalue weighted by molar-refractivity contribution is 6.09. The zero-order valence-electron chi connectivity index (χ0n) is 21.7. The Bertz CT molecular complexity index is 1610. The predicted molar refractivity (Wildman–Crippen MR) is 153 cm³/mol. The molecule has 2 heteroatoms. The Morgan fingerprint density at radius 1 is 0.806 bits per heavy atom. The highest BCUT2D eigenvalue weighted by Gasteiger charge is 2.45. The van der Waals surface area contributed by atoms with E-state index in [-0.39, 0.29) is 5.41 Å². The largest absolute Gasteiger partial charge is 0.309 e. The van der Waals surface area contributed by atoms with Crippen LogP contribution in [0.5, 0.6) is 0 Å². The number of aryl methyl sites for hydroxylation is 1. The van der Waals surface area contributed by atoms with Crippen LogP contribution in [0.1, 0.15) is 57.6 Å². The number of unbranched alkanes of at least 4 members (excludes halogenated alkanes) is 1. The molecular weight excluding hydrogens is 436 g/mol. The van der Waals surface area contributed by atoms with Crippen LogP contribution in [-0.4, -0.2) is 4.57 Å². The van der Waals surface area contributed by atoms with Gasteiger partial charge in [0, 0.05) is 28.6 Å². The van der Waals surface area contributed by atoms with Crippen molar-refractivity contribution < 1.29 is 4.57 Å². The predicted octanol–water partition coefficient (Wildman–Crippen LogP) is 8.62. The molecule has 0 saturated heterocycles. The molecule has 0 N–H and O–H groups in total. The number of benzene rings is 3. The van der Waals surface area contributed by atoms with Crippen LogP contribution >= 0.6 is 0 Å². The number of hydrogen-bond acceptors (Lipinski definition) is 0. The number of hydrogen-bond donors (Lipinski definition) is 0. The van der Waals surface area contributed by atoms with Gasteiger partial charge < -0.3 is 4.57 Å². The number of pyridine rings is 1. The van der Waals surface area contributed by atoms with Crippen molar-refractivity contribution in [3.8, 4) is 16.9 Å². The summed E-state index contributed by atoms with van der Waals surface area (Å²) in [5.41, 5.74) is 10.2. The minimum Gasteiger partial charge on any atom is -0.309 e. The molecule has 3 aromatic carbocycles. The van der Waals surface area contributed by atoms with Gasteiger partial charge in [-0.05, 0) is 79.8 Å². The van der Waals surface area contributed by atoms with E-state index in [0.717, 1.165) is 19.3 Å². The second kappa shape index (κ2) is 8.78. The van der Waals surface area contributed by atoms with E-state index in [9.17, 15) is 0 Å². The third-order valence-corrected chi connectivity index (χ3v) is 8.52. The fourth-order valence-electron chi connectivity index (χ4n) is 6.46. The van der Waals surface area contributed by atoms with Gasteiger partial charge in [-0.2, -0.15) is 4.57 Å². The maximum Gasteiger partial charge on any atom is 0.218 e. The van der Waals surface area contributed by atoms with Crippen molar-refractivity contribution >= 4 is 27.5 Å². The summed E-state index contributed by atoms with van der Waals surface area (Å²) in [6.45, 7) is 11.4. The average Bonchev–Trinajstić information content (AvgIpc) is 3.26. The summed E-state index contributed by atoms with van der Waals surface area (Å²) in [4.78, 5) is 0. The van der Waals surface area contributed by atoms with Gasteiger partial charge in [-0.25, -0.2) is 0 Å². The molecule has 0 unspecified atom stereocenters. The van der Waals surface area contributed by atoms with E-state index in [1.807, 2.05) is 0 Å². The molecule has 0 radical (unpaired) electrons. The third-order valence-electron chi connectivity index (χ3n) is 8.52. The van der Waals surface area contributed by atoms with Gasteiger partial charge >= 0.3 is 0 Å². The van der Waals surface area contributed by atoms with E-state index in [4.69, 9.17) is 0 Å². The molecule has 0 bridgehead atoms. The minimum atomic E-state index is -0.0537. The Morgan fingerprint density at radius 3 is 2.39 bits per heavy atom. The Labute approximate surface area is 214 Å². The van der Waals surface area contributed by atoms with Crippen LogP contribution in [0, 0.1) is 0 Å². The van der Waals surface area contributed by atoms with Crippen LogP contribution in [0.4, 0.5) is 0 Å². The molecule has 6 rings (SSSR count). The standard InChI is InChI=1S/C34H35N2/c1-5-8-13-25-17-20-33-28(22-25)27-14-9-10-16-32(27)36(33)26-18-19-30-29(23-26)31-15-11-12-21-35(31)24(4)34(30,6-2)7-3/h9-12,14-23H,4-8,13H2,1-3H3/q+1. The number of allylic oxidation sites excluding steroid dienone is 1. The van der Waals surface area contributed by atoms with Crippen molar-refractivity contribution in [2.75, 3.05) is 0 Å². The average molecular weight is 472 g/mol. The molecule has 1 aliphatic heterocycles. The molecule has 0 amide bonds. The molecule has 180 valence electrons. The SMILES string of the molecule is C=C1[n+]2ccccc2-c2cc(-n3c4ccccc4c4cc(CCCC)ccc43)ccc2C1(CC)CC. The molecule has 36 heavy (non-hydrogen) atoms. The monoisotopic (exact) mass is 471 g/mol. The van der Waals surface area contributed by atoms with Crippen molar-refractivity contribution in [2.45, 2.75) is 58.3 Å². The summed E-state index contributed by atoms with van der Waals surface area (Å²) in [7, 11) is 0. The zero-order valence-corrected chi connectivity index (χ0v) is 21.7. The molecule has 3 heterocycles. The molecule has 1 aliphatic rings. The maximum atomic E-state index is 4.59. The van der Waals surface area contributed by atoms with E-state index in [1.165, 1.54) is 68.4 Å². The minimum absolute atomic E-state index is 0.0537. The lowest BCUT2D eigenvalue weighted by Gasteiger charge is -2.35. The molecule has 0 fully saturated rings. The van der Waals surface area contributed by atoms with Gasteiger partial charge in [-0.1, -0.05) is 57.5 Å². The van der Waals surface area contributed by atoms with E-state index in [1.54, 1.807) is 0 Å². The van der Waals surface area contributed by atoms with Gasteiger partial charge in [0.1, 0.15) is 0 Å². The molecular formula is C34H35N2+. The number of fused-ring (bicyclic) bond motifs is 6. The van der Waals surface area contributed by atoms with Gasteiger partial charge in [0.2, 0.25) is 5.69 Å². The van der Waals surface area contributed by atoms with Gasteiger partial charge in [0.05, 0.1) is 22.0 Å². The first-order valence-electron chi connectivity index (χ1n) is 13.5. The smallest absolute Gasteiger partial charge is 0.218 e. The highest BCUT2D eigenvalue weighted by atomic mass is 15.0. The molecule has 0 aliphatic carbocycles. The van der Waals surface area contributed by atoms with Crippen LogP contribution in [0.3, 0.4) is 0 Å². The van der Waals surface area contributed by atoms with Crippen LogP contribution in [0.25, 0.3) is 44.4 Å². The quantitative estimate of drug-likeness (QED) is 0.219. The number of para-hydroxylation sites is 1. The first-order valence-corrected chi connectivity index (χ1v) is 13.5. The Hall–Kier alpha value is -3.65. The number of nitrogens with zero attached hydrogens (tertiary/aromatic N) is 2. The number of rotatable bonds is 6. The summed E-state index contributed by atoms with van der Waals surface area (Å²) in [6.07, 6.45) is 7.83. The van der Waals surface area contributed by atoms with E-state index in [2.05, 4.69) is 122 Å².